The topological polar surface area (TPSA) is 0 Å². The predicted octanol–water partition coefficient (Wildman–Crippen LogP) is 2.44. The molecule has 10 heavy (non-hydrogen) atoms. The maximum atomic E-state index is 3.86. The maximum absolute atomic E-state index is 3.86. The van der Waals surface area contributed by atoms with Crippen LogP contribution in [0.4, 0.5) is 0 Å². The second-order valence-corrected chi connectivity index (χ2v) is 6.56. The van der Waals surface area contributed by atoms with Crippen molar-refractivity contribution in [2.24, 2.45) is 0 Å². The fourth-order valence-electron chi connectivity index (χ4n) is 1.96. The van der Waals surface area contributed by atoms with Crippen molar-refractivity contribution in [3.8, 4) is 0 Å². The Morgan fingerprint density at radius 3 is 2.40 bits per heavy atom. The molecule has 0 aromatic rings. The molecule has 58 valence electrons. The molecule has 0 nitrogen and oxygen atoms in total. The van der Waals surface area contributed by atoms with Gasteiger partial charge >= 0.3 is 0 Å². The monoisotopic (exact) mass is 154 g/mol. The van der Waals surface area contributed by atoms with Gasteiger partial charge in [0.15, 0.2) is 0 Å². The highest BCUT2D eigenvalue weighted by atomic mass is 28.2. The molecule has 0 aliphatic heterocycles. The van der Waals surface area contributed by atoms with Crippen molar-refractivity contribution in [1.29, 1.82) is 0 Å². The van der Waals surface area contributed by atoms with Gasteiger partial charge in [0, 0.05) is 0 Å². The number of hydrogen-bond acceptors (Lipinski definition) is 0. The first-order valence-corrected chi connectivity index (χ1v) is 5.90. The Labute approximate surface area is 66.5 Å². The van der Waals surface area contributed by atoms with E-state index in [1.807, 2.05) is 0 Å². The molecule has 0 aromatic heterocycles. The standard InChI is InChI=1S/C9H18Si/c1-3-10-9(2)7-5-4-6-8-9/h3H,1,4-8,10H2,2H3. The molecule has 0 spiro atoms. The molecular formula is C9H18Si. The molecule has 0 aromatic carbocycles. The first-order valence-electron chi connectivity index (χ1n) is 4.38. The lowest BCUT2D eigenvalue weighted by Gasteiger charge is -2.32. The van der Waals surface area contributed by atoms with E-state index in [9.17, 15) is 0 Å². The minimum atomic E-state index is 0.0434. The zero-order valence-electron chi connectivity index (χ0n) is 7.03. The van der Waals surface area contributed by atoms with E-state index < -0.39 is 0 Å². The Hall–Kier alpha value is -0.0431. The van der Waals surface area contributed by atoms with Crippen LogP contribution in [-0.2, 0) is 0 Å². The molecule has 0 bridgehead atoms. The van der Waals surface area contributed by atoms with E-state index in [1.54, 1.807) is 0 Å². The molecule has 0 N–H and O–H groups in total. The average molecular weight is 154 g/mol. The van der Waals surface area contributed by atoms with Crippen molar-refractivity contribution in [3.63, 3.8) is 0 Å². The van der Waals surface area contributed by atoms with Crippen LogP contribution in [0.5, 0.6) is 0 Å². The van der Waals surface area contributed by atoms with Crippen LogP contribution in [0.1, 0.15) is 39.0 Å². The normalized spacial score (nSPS) is 25.3. The molecule has 0 heterocycles. The Morgan fingerprint density at radius 1 is 1.30 bits per heavy atom. The van der Waals surface area contributed by atoms with Crippen molar-refractivity contribution in [3.05, 3.63) is 12.3 Å². The van der Waals surface area contributed by atoms with Crippen molar-refractivity contribution >= 4 is 9.52 Å². The third-order valence-corrected chi connectivity index (χ3v) is 4.68. The van der Waals surface area contributed by atoms with Crippen LogP contribution in [-0.4, -0.2) is 9.52 Å². The number of hydrogen-bond donors (Lipinski definition) is 0. The van der Waals surface area contributed by atoms with E-state index in [4.69, 9.17) is 0 Å². The first-order chi connectivity index (χ1) is 4.77. The van der Waals surface area contributed by atoms with Gasteiger partial charge in [0.2, 0.25) is 0 Å². The van der Waals surface area contributed by atoms with Crippen LogP contribution in [0.3, 0.4) is 0 Å². The Balaban J connectivity index is 2.39. The first kappa shape index (κ1) is 8.06. The summed E-state index contributed by atoms with van der Waals surface area (Å²) in [6.07, 6.45) is 7.37. The van der Waals surface area contributed by atoms with E-state index in [0.29, 0.717) is 0 Å². The molecular weight excluding hydrogens is 136 g/mol. The zero-order valence-corrected chi connectivity index (χ0v) is 8.44. The van der Waals surface area contributed by atoms with E-state index >= 15 is 0 Å². The molecule has 0 unspecified atom stereocenters. The quantitative estimate of drug-likeness (QED) is 0.536. The lowest BCUT2D eigenvalue weighted by atomic mass is 9.90. The highest BCUT2D eigenvalue weighted by Crippen LogP contribution is 2.41. The molecule has 0 radical (unpaired) electrons. The Bertz CT molecular complexity index is 112. The Kier molecular flexibility index (Phi) is 2.72. The summed E-state index contributed by atoms with van der Waals surface area (Å²) in [5.74, 6) is 0. The molecule has 1 fully saturated rings. The van der Waals surface area contributed by atoms with Gasteiger partial charge in [0.05, 0.1) is 9.52 Å². The summed E-state index contributed by atoms with van der Waals surface area (Å²) >= 11 is 0. The van der Waals surface area contributed by atoms with Crippen molar-refractivity contribution in [2.75, 3.05) is 0 Å². The highest BCUT2D eigenvalue weighted by Gasteiger charge is 2.24. The van der Waals surface area contributed by atoms with Crippen LogP contribution < -0.4 is 0 Å². The van der Waals surface area contributed by atoms with E-state index in [0.717, 1.165) is 5.04 Å². The zero-order chi connectivity index (χ0) is 7.45. The van der Waals surface area contributed by atoms with Crippen molar-refractivity contribution in [1.82, 2.24) is 0 Å². The minimum Gasteiger partial charge on any atom is -0.108 e. The van der Waals surface area contributed by atoms with Gasteiger partial charge in [0.1, 0.15) is 0 Å². The summed E-state index contributed by atoms with van der Waals surface area (Å²) < 4.78 is 0. The number of rotatable bonds is 2. The SMILES string of the molecule is C=C[SiH2]C1(C)CCCCC1. The average Bonchev–Trinajstić information content (AvgIpc) is 1.89. The van der Waals surface area contributed by atoms with Crippen molar-refractivity contribution < 1.29 is 0 Å². The smallest absolute Gasteiger partial charge is 0.0505 e. The summed E-state index contributed by atoms with van der Waals surface area (Å²) in [6.45, 7) is 6.32. The Morgan fingerprint density at radius 2 is 1.90 bits per heavy atom. The van der Waals surface area contributed by atoms with Gasteiger partial charge in [0.25, 0.3) is 0 Å². The molecule has 1 rings (SSSR count). The third-order valence-electron chi connectivity index (χ3n) is 2.70. The summed E-state index contributed by atoms with van der Waals surface area (Å²) in [5.41, 5.74) is 2.21. The molecule has 1 saturated carbocycles. The van der Waals surface area contributed by atoms with Crippen LogP contribution in [0.25, 0.3) is 0 Å². The third kappa shape index (κ3) is 1.98. The fourth-order valence-corrected chi connectivity index (χ4v) is 3.56. The van der Waals surface area contributed by atoms with Gasteiger partial charge in [-0.3, -0.25) is 0 Å². The summed E-state index contributed by atoms with van der Waals surface area (Å²) in [6, 6.07) is 0. The van der Waals surface area contributed by atoms with Crippen LogP contribution >= 0.6 is 0 Å². The van der Waals surface area contributed by atoms with Crippen LogP contribution in [0.2, 0.25) is 5.04 Å². The van der Waals surface area contributed by atoms with Gasteiger partial charge < -0.3 is 0 Å². The highest BCUT2D eigenvalue weighted by molar-refractivity contribution is 6.45. The molecule has 0 saturated heterocycles. The summed E-state index contributed by atoms with van der Waals surface area (Å²) in [5, 5.41) is 0.750. The van der Waals surface area contributed by atoms with Crippen LogP contribution in [0.15, 0.2) is 12.3 Å². The molecule has 0 atom stereocenters. The van der Waals surface area contributed by atoms with E-state index in [-0.39, 0.29) is 9.52 Å². The lowest BCUT2D eigenvalue weighted by Crippen LogP contribution is -2.18. The molecule has 1 aliphatic carbocycles. The van der Waals surface area contributed by atoms with E-state index in [2.05, 4.69) is 19.2 Å². The predicted molar refractivity (Wildman–Crippen MR) is 50.2 cm³/mol. The van der Waals surface area contributed by atoms with Crippen molar-refractivity contribution in [2.45, 2.75) is 44.1 Å². The molecule has 1 aliphatic rings. The van der Waals surface area contributed by atoms with Gasteiger partial charge in [-0.1, -0.05) is 39.0 Å². The minimum absolute atomic E-state index is 0.0434. The van der Waals surface area contributed by atoms with Gasteiger partial charge in [-0.2, -0.15) is 0 Å². The van der Waals surface area contributed by atoms with Crippen LogP contribution in [0, 0.1) is 0 Å². The second-order valence-electron chi connectivity index (χ2n) is 3.86. The summed E-state index contributed by atoms with van der Waals surface area (Å²) in [7, 11) is 0.0434. The largest absolute Gasteiger partial charge is 0.108 e. The van der Waals surface area contributed by atoms with E-state index in [1.165, 1.54) is 32.1 Å². The molecule has 0 amide bonds. The fraction of sp³-hybridized carbons (Fsp3) is 0.778. The second kappa shape index (κ2) is 3.38. The van der Waals surface area contributed by atoms with Gasteiger partial charge in [-0.25, -0.2) is 0 Å². The maximum Gasteiger partial charge on any atom is 0.0505 e. The van der Waals surface area contributed by atoms with Gasteiger partial charge in [-0.15, -0.1) is 12.3 Å². The lowest BCUT2D eigenvalue weighted by molar-refractivity contribution is 0.401. The summed E-state index contributed by atoms with van der Waals surface area (Å²) in [4.78, 5) is 0. The molecule has 1 heteroatoms. The van der Waals surface area contributed by atoms with Gasteiger partial charge in [-0.05, 0) is 5.04 Å².